The first-order valence-electron chi connectivity index (χ1n) is 5.06. The molecule has 0 radical (unpaired) electrons. The Hall–Kier alpha value is -0.180. The van der Waals surface area contributed by atoms with E-state index in [4.69, 9.17) is 0 Å². The highest BCUT2D eigenvalue weighted by Crippen LogP contribution is 2.24. The number of hydrogen-bond donors (Lipinski definition) is 0. The number of rotatable bonds is 2. The zero-order valence-corrected chi connectivity index (χ0v) is 9.56. The molecule has 3 heteroatoms. The largest absolute Gasteiger partial charge is 0.341 e. The molecule has 1 amide bonds. The highest BCUT2D eigenvalue weighted by molar-refractivity contribution is 8.00. The molecule has 0 bridgehead atoms. The van der Waals surface area contributed by atoms with Gasteiger partial charge in [-0.3, -0.25) is 4.79 Å². The van der Waals surface area contributed by atoms with Gasteiger partial charge in [-0.15, -0.1) is 0 Å². The monoisotopic (exact) mass is 201 g/mol. The van der Waals surface area contributed by atoms with Crippen LogP contribution in [0.1, 0.15) is 33.6 Å². The lowest BCUT2D eigenvalue weighted by Gasteiger charge is -2.34. The Balaban J connectivity index is 2.45. The van der Waals surface area contributed by atoms with Crippen molar-refractivity contribution in [2.24, 2.45) is 0 Å². The number of amides is 1. The summed E-state index contributed by atoms with van der Waals surface area (Å²) < 4.78 is 0. The van der Waals surface area contributed by atoms with Gasteiger partial charge in [0, 0.05) is 30.0 Å². The van der Waals surface area contributed by atoms with Gasteiger partial charge in [0.2, 0.25) is 5.91 Å². The van der Waals surface area contributed by atoms with Gasteiger partial charge in [0.15, 0.2) is 0 Å². The SMILES string of the molecule is CCCC(=O)N1CC(C)SC(C)C1. The van der Waals surface area contributed by atoms with Gasteiger partial charge < -0.3 is 4.90 Å². The first-order valence-corrected chi connectivity index (χ1v) is 6.01. The van der Waals surface area contributed by atoms with Crippen molar-refractivity contribution < 1.29 is 4.79 Å². The van der Waals surface area contributed by atoms with Gasteiger partial charge in [-0.25, -0.2) is 0 Å². The zero-order valence-electron chi connectivity index (χ0n) is 8.75. The molecule has 13 heavy (non-hydrogen) atoms. The summed E-state index contributed by atoms with van der Waals surface area (Å²) in [6.45, 7) is 8.34. The van der Waals surface area contributed by atoms with Gasteiger partial charge in [-0.2, -0.15) is 11.8 Å². The molecule has 0 N–H and O–H groups in total. The van der Waals surface area contributed by atoms with Crippen LogP contribution in [0, 0.1) is 0 Å². The average Bonchev–Trinajstić information content (AvgIpc) is 2.03. The third-order valence-electron chi connectivity index (χ3n) is 2.24. The van der Waals surface area contributed by atoms with Crippen molar-refractivity contribution in [2.45, 2.75) is 44.1 Å². The highest BCUT2D eigenvalue weighted by atomic mass is 32.2. The average molecular weight is 201 g/mol. The predicted octanol–water partition coefficient (Wildman–Crippen LogP) is 2.14. The second-order valence-electron chi connectivity index (χ2n) is 3.81. The number of nitrogens with zero attached hydrogens (tertiary/aromatic N) is 1. The Morgan fingerprint density at radius 3 is 2.38 bits per heavy atom. The van der Waals surface area contributed by atoms with E-state index in [2.05, 4.69) is 20.8 Å². The van der Waals surface area contributed by atoms with Crippen LogP contribution >= 0.6 is 11.8 Å². The summed E-state index contributed by atoms with van der Waals surface area (Å²) in [5.74, 6) is 0.335. The summed E-state index contributed by atoms with van der Waals surface area (Å²) in [6, 6.07) is 0. The van der Waals surface area contributed by atoms with E-state index in [9.17, 15) is 4.79 Å². The lowest BCUT2D eigenvalue weighted by atomic mass is 10.2. The molecular weight excluding hydrogens is 182 g/mol. The molecule has 2 nitrogen and oxygen atoms in total. The van der Waals surface area contributed by atoms with E-state index >= 15 is 0 Å². The highest BCUT2D eigenvalue weighted by Gasteiger charge is 2.24. The Morgan fingerprint density at radius 1 is 1.38 bits per heavy atom. The Morgan fingerprint density at radius 2 is 1.92 bits per heavy atom. The van der Waals surface area contributed by atoms with Crippen molar-refractivity contribution in [2.75, 3.05) is 13.1 Å². The molecule has 0 aliphatic carbocycles. The molecular formula is C10H19NOS. The molecule has 1 aliphatic rings. The van der Waals surface area contributed by atoms with Crippen molar-refractivity contribution in [1.29, 1.82) is 0 Å². The van der Waals surface area contributed by atoms with E-state index in [1.54, 1.807) is 0 Å². The Kier molecular flexibility index (Phi) is 4.10. The van der Waals surface area contributed by atoms with Crippen LogP contribution in [0.3, 0.4) is 0 Å². The van der Waals surface area contributed by atoms with Gasteiger partial charge >= 0.3 is 0 Å². The molecule has 1 heterocycles. The molecule has 1 rings (SSSR count). The summed E-state index contributed by atoms with van der Waals surface area (Å²) in [4.78, 5) is 13.6. The van der Waals surface area contributed by atoms with Gasteiger partial charge in [-0.1, -0.05) is 20.8 Å². The second kappa shape index (κ2) is 4.89. The Labute approximate surface area is 85.1 Å². The number of hydrogen-bond acceptors (Lipinski definition) is 2. The molecule has 0 aromatic carbocycles. The van der Waals surface area contributed by atoms with Gasteiger partial charge in [-0.05, 0) is 6.42 Å². The molecule has 1 fully saturated rings. The van der Waals surface area contributed by atoms with Crippen molar-refractivity contribution in [1.82, 2.24) is 4.90 Å². The van der Waals surface area contributed by atoms with Crippen LogP contribution in [0.5, 0.6) is 0 Å². The maximum absolute atomic E-state index is 11.6. The van der Waals surface area contributed by atoms with Gasteiger partial charge in [0.05, 0.1) is 0 Å². The molecule has 2 atom stereocenters. The second-order valence-corrected chi connectivity index (χ2v) is 5.69. The number of carbonyl (C=O) groups excluding carboxylic acids is 1. The molecule has 2 unspecified atom stereocenters. The minimum atomic E-state index is 0.335. The summed E-state index contributed by atoms with van der Waals surface area (Å²) in [5, 5.41) is 1.20. The third kappa shape index (κ3) is 3.22. The van der Waals surface area contributed by atoms with Crippen molar-refractivity contribution in [3.8, 4) is 0 Å². The molecule has 0 aromatic rings. The van der Waals surface area contributed by atoms with Gasteiger partial charge in [0.1, 0.15) is 0 Å². The van der Waals surface area contributed by atoms with E-state index in [0.29, 0.717) is 22.8 Å². The van der Waals surface area contributed by atoms with Crippen molar-refractivity contribution in [3.63, 3.8) is 0 Å². The molecule has 0 aromatic heterocycles. The summed E-state index contributed by atoms with van der Waals surface area (Å²) in [7, 11) is 0. The minimum absolute atomic E-state index is 0.335. The van der Waals surface area contributed by atoms with E-state index in [-0.39, 0.29) is 0 Å². The topological polar surface area (TPSA) is 20.3 Å². The Bertz CT molecular complexity index is 174. The van der Waals surface area contributed by atoms with E-state index in [1.165, 1.54) is 0 Å². The fourth-order valence-electron chi connectivity index (χ4n) is 1.75. The summed E-state index contributed by atoms with van der Waals surface area (Å²) >= 11 is 1.99. The van der Waals surface area contributed by atoms with Crippen LogP contribution in [0.15, 0.2) is 0 Å². The fraction of sp³-hybridized carbons (Fsp3) is 0.900. The lowest BCUT2D eigenvalue weighted by Crippen LogP contribution is -2.43. The van der Waals surface area contributed by atoms with E-state index in [0.717, 1.165) is 19.5 Å². The normalized spacial score (nSPS) is 29.0. The first kappa shape index (κ1) is 10.9. The van der Waals surface area contributed by atoms with Crippen LogP contribution in [0.2, 0.25) is 0 Å². The minimum Gasteiger partial charge on any atom is -0.341 e. The van der Waals surface area contributed by atoms with Gasteiger partial charge in [0.25, 0.3) is 0 Å². The van der Waals surface area contributed by atoms with Crippen LogP contribution in [-0.2, 0) is 4.79 Å². The van der Waals surface area contributed by atoms with E-state index in [1.807, 2.05) is 16.7 Å². The molecule has 0 spiro atoms. The lowest BCUT2D eigenvalue weighted by molar-refractivity contribution is -0.131. The maximum atomic E-state index is 11.6. The zero-order chi connectivity index (χ0) is 9.84. The predicted molar refractivity (Wildman–Crippen MR) is 58.0 cm³/mol. The molecule has 76 valence electrons. The quantitative estimate of drug-likeness (QED) is 0.682. The van der Waals surface area contributed by atoms with E-state index < -0.39 is 0 Å². The standard InChI is InChI=1S/C10H19NOS/c1-4-5-10(12)11-6-8(2)13-9(3)7-11/h8-9H,4-7H2,1-3H3. The first-order chi connectivity index (χ1) is 6.13. The summed E-state index contributed by atoms with van der Waals surface area (Å²) in [6.07, 6.45) is 1.68. The smallest absolute Gasteiger partial charge is 0.222 e. The summed E-state index contributed by atoms with van der Waals surface area (Å²) in [5.41, 5.74) is 0. The molecule has 1 aliphatic heterocycles. The van der Waals surface area contributed by atoms with Crippen molar-refractivity contribution >= 4 is 17.7 Å². The number of carbonyl (C=O) groups is 1. The fourth-order valence-corrected chi connectivity index (χ4v) is 3.08. The molecule has 1 saturated heterocycles. The van der Waals surface area contributed by atoms with Crippen LogP contribution in [0.4, 0.5) is 0 Å². The molecule has 0 saturated carbocycles. The van der Waals surface area contributed by atoms with Crippen molar-refractivity contribution in [3.05, 3.63) is 0 Å². The van der Waals surface area contributed by atoms with Crippen LogP contribution in [-0.4, -0.2) is 34.4 Å². The third-order valence-corrected chi connectivity index (χ3v) is 3.46. The van der Waals surface area contributed by atoms with Crippen LogP contribution < -0.4 is 0 Å². The van der Waals surface area contributed by atoms with Crippen LogP contribution in [0.25, 0.3) is 0 Å². The maximum Gasteiger partial charge on any atom is 0.222 e. The number of thioether (sulfide) groups is 1.